The van der Waals surface area contributed by atoms with Crippen LogP contribution in [0.5, 0.6) is 0 Å². The highest BCUT2D eigenvalue weighted by atomic mass is 32.2. The summed E-state index contributed by atoms with van der Waals surface area (Å²) in [7, 11) is 0. The van der Waals surface area contributed by atoms with E-state index in [1.165, 1.54) is 23.9 Å². The summed E-state index contributed by atoms with van der Waals surface area (Å²) in [6.07, 6.45) is 0. The molecule has 0 unspecified atom stereocenters. The van der Waals surface area contributed by atoms with Gasteiger partial charge < -0.3 is 10.1 Å². The van der Waals surface area contributed by atoms with Crippen molar-refractivity contribution in [3.05, 3.63) is 56.3 Å². The van der Waals surface area contributed by atoms with Gasteiger partial charge in [0.05, 0.1) is 16.4 Å². The number of benzene rings is 1. The first-order chi connectivity index (χ1) is 12.0. The second-order valence-electron chi connectivity index (χ2n) is 5.04. The Bertz CT molecular complexity index is 762. The van der Waals surface area contributed by atoms with Gasteiger partial charge in [0.2, 0.25) is 0 Å². The number of hydrogen-bond donors (Lipinski definition) is 1. The van der Waals surface area contributed by atoms with E-state index in [2.05, 4.69) is 5.32 Å². The Labute approximate surface area is 152 Å². The molecule has 7 nitrogen and oxygen atoms in total. The maximum atomic E-state index is 11.8. The molecule has 1 N–H and O–H groups in total. The van der Waals surface area contributed by atoms with Gasteiger partial charge >= 0.3 is 5.97 Å². The fraction of sp³-hybridized carbons (Fsp3) is 0.250. The number of carbonyl (C=O) groups is 2. The summed E-state index contributed by atoms with van der Waals surface area (Å²) in [4.78, 5) is 34.9. The third-order valence-corrected chi connectivity index (χ3v) is 5.13. The van der Waals surface area contributed by atoms with Crippen molar-refractivity contribution in [2.75, 3.05) is 17.7 Å². The zero-order chi connectivity index (χ0) is 18.2. The molecule has 25 heavy (non-hydrogen) atoms. The van der Waals surface area contributed by atoms with Gasteiger partial charge in [-0.3, -0.25) is 19.7 Å². The van der Waals surface area contributed by atoms with Crippen LogP contribution in [0.4, 0.5) is 11.4 Å². The Hall–Kier alpha value is -2.39. The number of aryl methyl sites for hydroxylation is 1. The molecule has 0 radical (unpaired) electrons. The highest BCUT2D eigenvalue weighted by molar-refractivity contribution is 7.99. The van der Waals surface area contributed by atoms with E-state index in [4.69, 9.17) is 4.74 Å². The predicted octanol–water partition coefficient (Wildman–Crippen LogP) is 3.38. The molecule has 1 amide bonds. The molecule has 0 atom stereocenters. The number of nitro benzene ring substituents is 1. The third kappa shape index (κ3) is 6.20. The van der Waals surface area contributed by atoms with Gasteiger partial charge in [0.15, 0.2) is 6.61 Å². The van der Waals surface area contributed by atoms with Crippen LogP contribution >= 0.6 is 23.1 Å². The van der Waals surface area contributed by atoms with E-state index in [1.54, 1.807) is 24.3 Å². The molecule has 0 fully saturated rings. The van der Waals surface area contributed by atoms with Crippen LogP contribution in [-0.4, -0.2) is 29.2 Å². The minimum atomic E-state index is -0.542. The number of nitrogens with zero attached hydrogens (tertiary/aromatic N) is 1. The number of ether oxygens (including phenoxy) is 1. The highest BCUT2D eigenvalue weighted by Crippen LogP contribution is 2.21. The Kier molecular flexibility index (Phi) is 6.96. The van der Waals surface area contributed by atoms with Crippen molar-refractivity contribution in [3.63, 3.8) is 0 Å². The number of thiophene rings is 1. The Morgan fingerprint density at radius 2 is 2.16 bits per heavy atom. The van der Waals surface area contributed by atoms with Crippen LogP contribution in [0.15, 0.2) is 35.7 Å². The molecule has 0 saturated heterocycles. The van der Waals surface area contributed by atoms with Gasteiger partial charge in [0.25, 0.3) is 11.6 Å². The number of amides is 1. The van der Waals surface area contributed by atoms with Crippen LogP contribution < -0.4 is 5.32 Å². The number of thioether (sulfide) groups is 1. The van der Waals surface area contributed by atoms with E-state index < -0.39 is 23.4 Å². The first-order valence-electron chi connectivity index (χ1n) is 7.26. The molecule has 1 aromatic heterocycles. The number of carbonyl (C=O) groups excluding carboxylic acids is 2. The van der Waals surface area contributed by atoms with Gasteiger partial charge in [-0.25, -0.2) is 0 Å². The van der Waals surface area contributed by atoms with E-state index in [1.807, 2.05) is 17.5 Å². The lowest BCUT2D eigenvalue weighted by Crippen LogP contribution is -2.22. The average Bonchev–Trinajstić information content (AvgIpc) is 3.08. The molecule has 0 spiro atoms. The first kappa shape index (κ1) is 18.9. The zero-order valence-corrected chi connectivity index (χ0v) is 15.0. The Balaban J connectivity index is 1.75. The lowest BCUT2D eigenvalue weighted by Gasteiger charge is -2.09. The van der Waals surface area contributed by atoms with Crippen LogP contribution in [0, 0.1) is 17.0 Å². The molecule has 2 aromatic rings. The van der Waals surface area contributed by atoms with Crippen LogP contribution in [0.2, 0.25) is 0 Å². The molecule has 1 aromatic carbocycles. The summed E-state index contributed by atoms with van der Waals surface area (Å²) in [5.41, 5.74) is 0.877. The van der Waals surface area contributed by atoms with E-state index >= 15 is 0 Å². The van der Waals surface area contributed by atoms with Gasteiger partial charge in [-0.15, -0.1) is 23.1 Å². The number of esters is 1. The zero-order valence-electron chi connectivity index (χ0n) is 13.4. The minimum absolute atomic E-state index is 0.122. The number of hydrogen-bond acceptors (Lipinski definition) is 7. The maximum absolute atomic E-state index is 11.8. The average molecular weight is 380 g/mol. The fourth-order valence-electron chi connectivity index (χ4n) is 1.86. The van der Waals surface area contributed by atoms with Gasteiger partial charge in [0.1, 0.15) is 0 Å². The number of nitro groups is 1. The Morgan fingerprint density at radius 1 is 1.36 bits per heavy atom. The van der Waals surface area contributed by atoms with Crippen molar-refractivity contribution in [1.29, 1.82) is 0 Å². The van der Waals surface area contributed by atoms with E-state index in [-0.39, 0.29) is 11.4 Å². The molecule has 0 aliphatic rings. The van der Waals surface area contributed by atoms with Gasteiger partial charge in [-0.05, 0) is 23.9 Å². The minimum Gasteiger partial charge on any atom is -0.455 e. The predicted molar refractivity (Wildman–Crippen MR) is 97.9 cm³/mol. The normalized spacial score (nSPS) is 10.3. The molecule has 132 valence electrons. The summed E-state index contributed by atoms with van der Waals surface area (Å²) in [6, 6.07) is 8.10. The quantitative estimate of drug-likeness (QED) is 0.428. The lowest BCUT2D eigenvalue weighted by atomic mass is 10.2. The second-order valence-corrected chi connectivity index (χ2v) is 7.06. The van der Waals surface area contributed by atoms with E-state index in [0.29, 0.717) is 17.0 Å². The highest BCUT2D eigenvalue weighted by Gasteiger charge is 2.13. The summed E-state index contributed by atoms with van der Waals surface area (Å²) < 4.78 is 4.91. The third-order valence-electron chi connectivity index (χ3n) is 3.11. The molecule has 1 heterocycles. The van der Waals surface area contributed by atoms with Crippen molar-refractivity contribution < 1.29 is 19.2 Å². The molecular formula is C16H16N2O5S2. The summed E-state index contributed by atoms with van der Waals surface area (Å²) in [5.74, 6) is -0.153. The van der Waals surface area contributed by atoms with Crippen molar-refractivity contribution in [1.82, 2.24) is 0 Å². The molecule has 0 aliphatic carbocycles. The molecule has 0 aliphatic heterocycles. The molecule has 9 heteroatoms. The van der Waals surface area contributed by atoms with Crippen LogP contribution in [0.3, 0.4) is 0 Å². The van der Waals surface area contributed by atoms with Crippen LogP contribution in [0.1, 0.15) is 10.4 Å². The van der Waals surface area contributed by atoms with Crippen molar-refractivity contribution in [3.8, 4) is 0 Å². The standard InChI is InChI=1S/C16H16N2O5S2/c1-11-4-5-12(18(21)22)7-14(11)17-15(19)8-23-16(20)10-24-9-13-3-2-6-25-13/h2-7H,8-10H2,1H3,(H,17,19). The number of rotatable bonds is 8. The van der Waals surface area contributed by atoms with Crippen LogP contribution in [0.25, 0.3) is 0 Å². The first-order valence-corrected chi connectivity index (χ1v) is 9.30. The summed E-state index contributed by atoms with van der Waals surface area (Å²) in [5, 5.41) is 15.3. The van der Waals surface area contributed by atoms with Crippen LogP contribution in [-0.2, 0) is 20.1 Å². The number of non-ortho nitro benzene ring substituents is 1. The smallest absolute Gasteiger partial charge is 0.316 e. The van der Waals surface area contributed by atoms with Gasteiger partial charge in [0, 0.05) is 22.8 Å². The van der Waals surface area contributed by atoms with Gasteiger partial charge in [-0.2, -0.15) is 0 Å². The summed E-state index contributed by atoms with van der Waals surface area (Å²) >= 11 is 3.03. The number of anilines is 1. The van der Waals surface area contributed by atoms with E-state index in [9.17, 15) is 19.7 Å². The van der Waals surface area contributed by atoms with Crippen molar-refractivity contribution in [2.24, 2.45) is 0 Å². The topological polar surface area (TPSA) is 98.5 Å². The molecule has 2 rings (SSSR count). The number of nitrogens with one attached hydrogen (secondary N) is 1. The monoisotopic (exact) mass is 380 g/mol. The second kappa shape index (κ2) is 9.19. The van der Waals surface area contributed by atoms with Crippen molar-refractivity contribution >= 4 is 46.3 Å². The molecular weight excluding hydrogens is 364 g/mol. The van der Waals surface area contributed by atoms with E-state index in [0.717, 1.165) is 4.88 Å². The Morgan fingerprint density at radius 3 is 2.84 bits per heavy atom. The molecule has 0 saturated carbocycles. The van der Waals surface area contributed by atoms with Gasteiger partial charge in [-0.1, -0.05) is 12.1 Å². The fourth-order valence-corrected chi connectivity index (χ4v) is 3.52. The van der Waals surface area contributed by atoms with Crippen molar-refractivity contribution in [2.45, 2.75) is 12.7 Å². The largest absolute Gasteiger partial charge is 0.455 e. The summed E-state index contributed by atoms with van der Waals surface area (Å²) in [6.45, 7) is 1.28. The SMILES string of the molecule is Cc1ccc([N+](=O)[O-])cc1NC(=O)COC(=O)CSCc1cccs1. The molecule has 0 bridgehead atoms. The lowest BCUT2D eigenvalue weighted by molar-refractivity contribution is -0.384. The maximum Gasteiger partial charge on any atom is 0.316 e.